The summed E-state index contributed by atoms with van der Waals surface area (Å²) < 4.78 is 10.6. The Balaban J connectivity index is 1.82. The van der Waals surface area contributed by atoms with Crippen LogP contribution in [0.3, 0.4) is 0 Å². The summed E-state index contributed by atoms with van der Waals surface area (Å²) in [6.45, 7) is 1.95. The monoisotopic (exact) mass is 369 g/mol. The number of aromatic nitrogens is 1. The Morgan fingerprint density at radius 2 is 1.73 bits per heavy atom. The molecule has 0 saturated heterocycles. The van der Waals surface area contributed by atoms with E-state index in [1.807, 2.05) is 36.6 Å². The van der Waals surface area contributed by atoms with Crippen molar-refractivity contribution in [3.8, 4) is 22.8 Å². The number of methoxy groups -OCH3 is 2. The zero-order valence-corrected chi connectivity index (χ0v) is 15.5. The third-order valence-corrected chi connectivity index (χ3v) is 4.49. The number of anilines is 2. The molecule has 0 saturated carbocycles. The molecule has 0 spiro atoms. The normalized spacial score (nSPS) is 10.3. The number of carbonyl (C=O) groups excluding carboxylic acids is 1. The molecule has 1 heterocycles. The summed E-state index contributed by atoms with van der Waals surface area (Å²) >= 11 is 1.57. The van der Waals surface area contributed by atoms with Gasteiger partial charge in [0.05, 0.1) is 36.3 Å². The number of benzene rings is 2. The lowest BCUT2D eigenvalue weighted by Gasteiger charge is -2.14. The van der Waals surface area contributed by atoms with E-state index in [9.17, 15) is 4.79 Å². The number of thiazole rings is 1. The molecule has 2 amide bonds. The number of carbonyl (C=O) groups is 1. The molecule has 3 aromatic rings. The van der Waals surface area contributed by atoms with Crippen LogP contribution in [0.5, 0.6) is 11.5 Å². The van der Waals surface area contributed by atoms with Gasteiger partial charge in [-0.25, -0.2) is 9.78 Å². The Labute approximate surface area is 155 Å². The van der Waals surface area contributed by atoms with Crippen LogP contribution < -0.4 is 20.1 Å². The highest BCUT2D eigenvalue weighted by Gasteiger charge is 2.14. The van der Waals surface area contributed by atoms with Crippen molar-refractivity contribution in [2.24, 2.45) is 0 Å². The van der Waals surface area contributed by atoms with Gasteiger partial charge in [-0.2, -0.15) is 0 Å². The highest BCUT2D eigenvalue weighted by atomic mass is 32.1. The first-order valence-electron chi connectivity index (χ1n) is 7.93. The second kappa shape index (κ2) is 7.88. The van der Waals surface area contributed by atoms with Crippen LogP contribution in [0.4, 0.5) is 16.2 Å². The van der Waals surface area contributed by atoms with Crippen LogP contribution >= 0.6 is 11.3 Å². The molecule has 0 bridgehead atoms. The molecular weight excluding hydrogens is 350 g/mol. The molecule has 134 valence electrons. The number of urea groups is 1. The van der Waals surface area contributed by atoms with Gasteiger partial charge in [-0.3, -0.25) is 0 Å². The van der Waals surface area contributed by atoms with Crippen molar-refractivity contribution in [2.75, 3.05) is 24.9 Å². The van der Waals surface area contributed by atoms with Crippen molar-refractivity contribution >= 4 is 28.7 Å². The van der Waals surface area contributed by atoms with E-state index >= 15 is 0 Å². The van der Waals surface area contributed by atoms with Crippen molar-refractivity contribution in [1.29, 1.82) is 0 Å². The molecule has 0 aliphatic rings. The second-order valence-corrected chi connectivity index (χ2v) is 6.48. The summed E-state index contributed by atoms with van der Waals surface area (Å²) in [5.41, 5.74) is 2.90. The molecule has 0 fully saturated rings. The van der Waals surface area contributed by atoms with Gasteiger partial charge >= 0.3 is 6.03 Å². The second-order valence-electron chi connectivity index (χ2n) is 5.42. The Morgan fingerprint density at radius 1 is 1.00 bits per heavy atom. The van der Waals surface area contributed by atoms with Crippen LogP contribution in [0, 0.1) is 6.92 Å². The molecule has 0 aliphatic heterocycles. The minimum absolute atomic E-state index is 0.379. The van der Waals surface area contributed by atoms with Gasteiger partial charge in [0, 0.05) is 10.9 Å². The van der Waals surface area contributed by atoms with Crippen LogP contribution in [-0.4, -0.2) is 25.2 Å². The number of para-hydroxylation sites is 2. The van der Waals surface area contributed by atoms with Gasteiger partial charge < -0.3 is 20.1 Å². The molecule has 2 N–H and O–H groups in total. The Bertz CT molecular complexity index is 924. The minimum Gasteiger partial charge on any atom is -0.493 e. The molecule has 3 rings (SSSR count). The average Bonchev–Trinajstić information content (AvgIpc) is 3.08. The summed E-state index contributed by atoms with van der Waals surface area (Å²) in [4.78, 5) is 17.0. The first kappa shape index (κ1) is 17.8. The Kier molecular flexibility index (Phi) is 5.38. The van der Waals surface area contributed by atoms with Gasteiger partial charge in [0.25, 0.3) is 0 Å². The van der Waals surface area contributed by atoms with Crippen molar-refractivity contribution < 1.29 is 14.3 Å². The molecule has 7 heteroatoms. The van der Waals surface area contributed by atoms with E-state index in [1.54, 1.807) is 36.6 Å². The van der Waals surface area contributed by atoms with Gasteiger partial charge in [-0.15, -0.1) is 11.3 Å². The summed E-state index contributed by atoms with van der Waals surface area (Å²) in [5.74, 6) is 1.01. The first-order valence-corrected chi connectivity index (χ1v) is 8.81. The van der Waals surface area contributed by atoms with E-state index in [0.29, 0.717) is 22.9 Å². The number of nitrogens with one attached hydrogen (secondary N) is 2. The predicted octanol–water partition coefficient (Wildman–Crippen LogP) is 4.78. The lowest BCUT2D eigenvalue weighted by atomic mass is 10.1. The Morgan fingerprint density at radius 3 is 2.42 bits per heavy atom. The quantitative estimate of drug-likeness (QED) is 0.679. The minimum atomic E-state index is -0.379. The van der Waals surface area contributed by atoms with Crippen molar-refractivity contribution in [2.45, 2.75) is 6.92 Å². The van der Waals surface area contributed by atoms with Crippen molar-refractivity contribution in [1.82, 2.24) is 4.98 Å². The molecule has 2 aromatic carbocycles. The van der Waals surface area contributed by atoms with E-state index in [0.717, 1.165) is 16.3 Å². The van der Waals surface area contributed by atoms with Gasteiger partial charge in [0.1, 0.15) is 0 Å². The van der Waals surface area contributed by atoms with E-state index < -0.39 is 0 Å². The van der Waals surface area contributed by atoms with Gasteiger partial charge in [0.2, 0.25) is 0 Å². The SMILES string of the molecule is COc1cccc(NC(=O)Nc2ccccc2-c2csc(C)n2)c1OC. The maximum atomic E-state index is 12.5. The highest BCUT2D eigenvalue weighted by Crippen LogP contribution is 2.35. The lowest BCUT2D eigenvalue weighted by Crippen LogP contribution is -2.20. The fraction of sp³-hybridized carbons (Fsp3) is 0.158. The summed E-state index contributed by atoms with van der Waals surface area (Å²) in [5, 5.41) is 8.61. The summed E-state index contributed by atoms with van der Waals surface area (Å²) in [6.07, 6.45) is 0. The van der Waals surface area contributed by atoms with Crippen LogP contribution in [0.2, 0.25) is 0 Å². The fourth-order valence-electron chi connectivity index (χ4n) is 2.56. The van der Waals surface area contributed by atoms with E-state index in [1.165, 1.54) is 7.11 Å². The molecule has 0 aliphatic carbocycles. The highest BCUT2D eigenvalue weighted by molar-refractivity contribution is 7.09. The van der Waals surface area contributed by atoms with Gasteiger partial charge in [-0.05, 0) is 25.1 Å². The summed E-state index contributed by atoms with van der Waals surface area (Å²) in [6, 6.07) is 12.5. The van der Waals surface area contributed by atoms with E-state index in [-0.39, 0.29) is 6.03 Å². The van der Waals surface area contributed by atoms with Gasteiger partial charge in [0.15, 0.2) is 11.5 Å². The predicted molar refractivity (Wildman–Crippen MR) is 104 cm³/mol. The number of nitrogens with zero attached hydrogens (tertiary/aromatic N) is 1. The molecule has 26 heavy (non-hydrogen) atoms. The maximum Gasteiger partial charge on any atom is 0.323 e. The zero-order valence-electron chi connectivity index (χ0n) is 14.7. The van der Waals surface area contributed by atoms with E-state index in [2.05, 4.69) is 15.6 Å². The molecule has 0 radical (unpaired) electrons. The Hall–Kier alpha value is -3.06. The smallest absolute Gasteiger partial charge is 0.323 e. The van der Waals surface area contributed by atoms with Gasteiger partial charge in [-0.1, -0.05) is 24.3 Å². The fourth-order valence-corrected chi connectivity index (χ4v) is 3.18. The maximum absolute atomic E-state index is 12.5. The first-order chi connectivity index (χ1) is 12.6. The van der Waals surface area contributed by atoms with Crippen LogP contribution in [0.1, 0.15) is 5.01 Å². The third kappa shape index (κ3) is 3.78. The van der Waals surface area contributed by atoms with Crippen molar-refractivity contribution in [3.63, 3.8) is 0 Å². The number of amides is 2. The molecule has 1 aromatic heterocycles. The number of aryl methyl sites for hydroxylation is 1. The topological polar surface area (TPSA) is 72.5 Å². The third-order valence-electron chi connectivity index (χ3n) is 3.72. The standard InChI is InChI=1S/C19H19N3O3S/c1-12-20-16(11-26-12)13-7-4-5-8-14(13)21-19(23)22-15-9-6-10-17(24-2)18(15)25-3/h4-11H,1-3H3,(H2,21,22,23). The van der Waals surface area contributed by atoms with Crippen LogP contribution in [0.15, 0.2) is 47.8 Å². The molecule has 0 unspecified atom stereocenters. The lowest BCUT2D eigenvalue weighted by molar-refractivity contribution is 0.262. The summed E-state index contributed by atoms with van der Waals surface area (Å²) in [7, 11) is 3.08. The molecular formula is C19H19N3O3S. The van der Waals surface area contributed by atoms with E-state index in [4.69, 9.17) is 9.47 Å². The molecule has 0 atom stereocenters. The molecule has 6 nitrogen and oxygen atoms in total. The van der Waals surface area contributed by atoms with Crippen molar-refractivity contribution in [3.05, 3.63) is 52.9 Å². The largest absolute Gasteiger partial charge is 0.493 e. The number of hydrogen-bond donors (Lipinski definition) is 2. The number of hydrogen-bond acceptors (Lipinski definition) is 5. The number of rotatable bonds is 5. The number of ether oxygens (including phenoxy) is 2. The average molecular weight is 369 g/mol. The zero-order chi connectivity index (χ0) is 18.5. The van der Waals surface area contributed by atoms with Crippen LogP contribution in [-0.2, 0) is 0 Å². The van der Waals surface area contributed by atoms with Crippen LogP contribution in [0.25, 0.3) is 11.3 Å².